The van der Waals surface area contributed by atoms with Gasteiger partial charge in [0, 0.05) is 9.13 Å². The summed E-state index contributed by atoms with van der Waals surface area (Å²) < 4.78 is 43.6. The molecule has 0 aromatic heterocycles. The number of aliphatic carboxylic acids is 1. The average molecular weight is 385 g/mol. The Hall–Kier alpha value is -1.45. The Morgan fingerprint density at radius 2 is 2.05 bits per heavy atom. The Bertz CT molecular complexity index is 583. The minimum atomic E-state index is -4.81. The van der Waals surface area contributed by atoms with E-state index >= 15 is 0 Å². The van der Waals surface area contributed by atoms with Crippen molar-refractivity contribution in [2.45, 2.75) is 12.3 Å². The molecule has 1 heterocycles. The van der Waals surface area contributed by atoms with E-state index in [0.717, 1.165) is 6.08 Å². The number of rotatable bonds is 1. The van der Waals surface area contributed by atoms with E-state index < -0.39 is 23.8 Å². The highest BCUT2D eigenvalue weighted by Crippen LogP contribution is 2.40. The molecule has 0 radical (unpaired) electrons. The van der Waals surface area contributed by atoms with Gasteiger partial charge in [-0.2, -0.15) is 13.2 Å². The van der Waals surface area contributed by atoms with Crippen LogP contribution in [0.2, 0.25) is 0 Å². The van der Waals surface area contributed by atoms with Gasteiger partial charge in [0.25, 0.3) is 0 Å². The summed E-state index contributed by atoms with van der Waals surface area (Å²) in [5, 5.41) is 8.87. The molecule has 1 unspecified atom stereocenters. The van der Waals surface area contributed by atoms with Crippen LogP contribution in [0.5, 0.6) is 5.75 Å². The van der Waals surface area contributed by atoms with E-state index in [1.165, 1.54) is 12.1 Å². The lowest BCUT2D eigenvalue weighted by Crippen LogP contribution is -2.40. The molecule has 2 rings (SSSR count). The second-order valence-corrected chi connectivity index (χ2v) is 4.98. The van der Waals surface area contributed by atoms with Crippen molar-refractivity contribution in [1.29, 1.82) is 0 Å². The molecular weight excluding hydrogens is 378 g/mol. The van der Waals surface area contributed by atoms with Crippen LogP contribution in [-0.2, 0) is 4.79 Å². The molecule has 0 amide bonds. The lowest BCUT2D eigenvalue weighted by atomic mass is 10.00. The van der Waals surface area contributed by atoms with Gasteiger partial charge < -0.3 is 15.6 Å². The Morgan fingerprint density at radius 3 is 2.58 bits per heavy atom. The maximum absolute atomic E-state index is 12.8. The van der Waals surface area contributed by atoms with Crippen LogP contribution in [-0.4, -0.2) is 23.4 Å². The van der Waals surface area contributed by atoms with Gasteiger partial charge in [0.15, 0.2) is 0 Å². The second-order valence-electron chi connectivity index (χ2n) is 3.82. The topological polar surface area (TPSA) is 72.6 Å². The van der Waals surface area contributed by atoms with Crippen molar-refractivity contribution in [2.24, 2.45) is 0 Å². The SMILES string of the molecule is Nc1c(I)ccc2c1C=C(C(=O)O)C(C(F)(F)F)O2. The second kappa shape index (κ2) is 4.58. The first kappa shape index (κ1) is 14.0. The summed E-state index contributed by atoms with van der Waals surface area (Å²) >= 11 is 1.90. The van der Waals surface area contributed by atoms with E-state index in [1.807, 2.05) is 22.6 Å². The van der Waals surface area contributed by atoms with Crippen molar-refractivity contribution in [1.82, 2.24) is 0 Å². The number of carboxylic acid groups (broad SMARTS) is 1. The van der Waals surface area contributed by atoms with Gasteiger partial charge in [-0.1, -0.05) is 0 Å². The highest BCUT2D eigenvalue weighted by atomic mass is 127. The molecule has 0 saturated carbocycles. The van der Waals surface area contributed by atoms with Crippen LogP contribution in [0.25, 0.3) is 6.08 Å². The molecule has 0 bridgehead atoms. The smallest absolute Gasteiger partial charge is 0.430 e. The molecule has 4 nitrogen and oxygen atoms in total. The molecule has 1 aromatic rings. The standard InChI is InChI=1S/C11H7F3INO3/c12-11(13,14)9-5(10(17)18)3-4-7(19-9)2-1-6(15)8(4)16/h1-3,9H,16H2,(H,17,18). The lowest BCUT2D eigenvalue weighted by molar-refractivity contribution is -0.187. The number of benzene rings is 1. The molecule has 0 aliphatic carbocycles. The van der Waals surface area contributed by atoms with Crippen molar-refractivity contribution in [3.8, 4) is 5.75 Å². The predicted molar refractivity (Wildman–Crippen MR) is 69.7 cm³/mol. The Morgan fingerprint density at radius 1 is 1.42 bits per heavy atom. The number of hydrogen-bond donors (Lipinski definition) is 2. The zero-order chi connectivity index (χ0) is 14.4. The predicted octanol–water partition coefficient (Wildman–Crippen LogP) is 2.66. The van der Waals surface area contributed by atoms with Gasteiger partial charge in [-0.3, -0.25) is 0 Å². The van der Waals surface area contributed by atoms with Crippen LogP contribution in [0.4, 0.5) is 18.9 Å². The Kier molecular flexibility index (Phi) is 3.37. The fourth-order valence-corrected chi connectivity index (χ4v) is 2.15. The maximum atomic E-state index is 12.8. The number of hydrogen-bond acceptors (Lipinski definition) is 3. The molecule has 0 saturated heterocycles. The van der Waals surface area contributed by atoms with Crippen LogP contribution < -0.4 is 10.5 Å². The first-order chi connectivity index (χ1) is 8.71. The molecule has 3 N–H and O–H groups in total. The summed E-state index contributed by atoms with van der Waals surface area (Å²) in [5.41, 5.74) is 5.18. The molecule has 0 spiro atoms. The first-order valence-electron chi connectivity index (χ1n) is 4.98. The van der Waals surface area contributed by atoms with Gasteiger partial charge in [0.1, 0.15) is 5.75 Å². The van der Waals surface area contributed by atoms with Crippen LogP contribution in [0.15, 0.2) is 17.7 Å². The fraction of sp³-hybridized carbons (Fsp3) is 0.182. The third-order valence-electron chi connectivity index (χ3n) is 2.57. The van der Waals surface area contributed by atoms with Crippen molar-refractivity contribution < 1.29 is 27.8 Å². The van der Waals surface area contributed by atoms with Gasteiger partial charge in [0.05, 0.1) is 11.3 Å². The van der Waals surface area contributed by atoms with Crippen LogP contribution in [0.3, 0.4) is 0 Å². The number of carbonyl (C=O) groups is 1. The monoisotopic (exact) mass is 385 g/mol. The number of anilines is 1. The van der Waals surface area contributed by atoms with Gasteiger partial charge in [-0.15, -0.1) is 0 Å². The molecule has 8 heteroatoms. The molecular formula is C11H7F3INO3. The van der Waals surface area contributed by atoms with Crippen LogP contribution >= 0.6 is 22.6 Å². The Balaban J connectivity index is 2.61. The molecule has 1 aliphatic heterocycles. The number of alkyl halides is 3. The number of nitrogen functional groups attached to an aromatic ring is 1. The normalized spacial score (nSPS) is 18.3. The van der Waals surface area contributed by atoms with E-state index in [9.17, 15) is 18.0 Å². The summed E-state index contributed by atoms with van der Waals surface area (Å²) in [6.45, 7) is 0. The molecule has 102 valence electrons. The molecule has 1 aliphatic rings. The highest BCUT2D eigenvalue weighted by Gasteiger charge is 2.48. The van der Waals surface area contributed by atoms with Gasteiger partial charge >= 0.3 is 12.1 Å². The first-order valence-corrected chi connectivity index (χ1v) is 6.06. The molecule has 1 atom stereocenters. The van der Waals surface area contributed by atoms with E-state index in [0.29, 0.717) is 3.57 Å². The zero-order valence-corrected chi connectivity index (χ0v) is 11.3. The lowest BCUT2D eigenvalue weighted by Gasteiger charge is -2.27. The van der Waals surface area contributed by atoms with Crippen LogP contribution in [0, 0.1) is 3.57 Å². The fourth-order valence-electron chi connectivity index (χ4n) is 1.68. The molecule has 0 fully saturated rings. The van der Waals surface area contributed by atoms with Gasteiger partial charge in [0.2, 0.25) is 6.10 Å². The summed E-state index contributed by atoms with van der Waals surface area (Å²) in [5.74, 6) is -1.77. The maximum Gasteiger partial charge on any atom is 0.430 e. The summed E-state index contributed by atoms with van der Waals surface area (Å²) in [6, 6.07) is 2.84. The van der Waals surface area contributed by atoms with Crippen LogP contribution in [0.1, 0.15) is 5.56 Å². The summed E-state index contributed by atoms with van der Waals surface area (Å²) in [4.78, 5) is 10.9. The number of nitrogens with two attached hydrogens (primary N) is 1. The minimum absolute atomic E-state index is 0.0785. The molecule has 19 heavy (non-hydrogen) atoms. The van der Waals surface area contributed by atoms with Crippen molar-refractivity contribution >= 4 is 40.3 Å². The number of carboxylic acids is 1. The van der Waals surface area contributed by atoms with E-state index in [2.05, 4.69) is 0 Å². The van der Waals surface area contributed by atoms with Crippen molar-refractivity contribution in [2.75, 3.05) is 5.73 Å². The van der Waals surface area contributed by atoms with E-state index in [-0.39, 0.29) is 17.0 Å². The van der Waals surface area contributed by atoms with Gasteiger partial charge in [-0.25, -0.2) is 4.79 Å². The van der Waals surface area contributed by atoms with Crippen molar-refractivity contribution in [3.05, 3.63) is 26.8 Å². The number of ether oxygens (including phenoxy) is 1. The van der Waals surface area contributed by atoms with E-state index in [1.54, 1.807) is 0 Å². The van der Waals surface area contributed by atoms with Crippen molar-refractivity contribution in [3.63, 3.8) is 0 Å². The highest BCUT2D eigenvalue weighted by molar-refractivity contribution is 14.1. The summed E-state index contributed by atoms with van der Waals surface area (Å²) in [7, 11) is 0. The average Bonchev–Trinajstić information content (AvgIpc) is 2.31. The number of halogens is 4. The third kappa shape index (κ3) is 2.48. The van der Waals surface area contributed by atoms with Gasteiger partial charge in [-0.05, 0) is 40.8 Å². The third-order valence-corrected chi connectivity index (χ3v) is 3.51. The quantitative estimate of drug-likeness (QED) is 0.576. The summed E-state index contributed by atoms with van der Waals surface area (Å²) in [6.07, 6.45) is -6.38. The Labute approximate surface area is 119 Å². The minimum Gasteiger partial charge on any atom is -0.478 e. The number of fused-ring (bicyclic) bond motifs is 1. The zero-order valence-electron chi connectivity index (χ0n) is 9.16. The van der Waals surface area contributed by atoms with E-state index in [4.69, 9.17) is 15.6 Å². The largest absolute Gasteiger partial charge is 0.478 e. The molecule has 1 aromatic carbocycles.